The molecule has 0 aliphatic carbocycles. The zero-order valence-corrected chi connectivity index (χ0v) is 8.23. The lowest BCUT2D eigenvalue weighted by Crippen LogP contribution is -1.94. The van der Waals surface area contributed by atoms with Crippen LogP contribution >= 0.6 is 11.6 Å². The zero-order chi connectivity index (χ0) is 10.8. The Morgan fingerprint density at radius 2 is 2.27 bits per heavy atom. The van der Waals surface area contributed by atoms with E-state index in [9.17, 15) is 4.79 Å². The van der Waals surface area contributed by atoms with E-state index in [1.54, 1.807) is 24.3 Å². The molecule has 76 valence electrons. The van der Waals surface area contributed by atoms with Crippen LogP contribution in [0.1, 0.15) is 10.7 Å². The van der Waals surface area contributed by atoms with Gasteiger partial charge in [0.1, 0.15) is 0 Å². The van der Waals surface area contributed by atoms with Crippen molar-refractivity contribution in [2.24, 2.45) is 0 Å². The Morgan fingerprint density at radius 3 is 2.87 bits per heavy atom. The van der Waals surface area contributed by atoms with Crippen molar-refractivity contribution in [2.75, 3.05) is 0 Å². The largest absolute Gasteiger partial charge is 0.474 e. The van der Waals surface area contributed by atoms with Crippen molar-refractivity contribution in [1.29, 1.82) is 0 Å². The van der Waals surface area contributed by atoms with Crippen LogP contribution in [0.3, 0.4) is 0 Å². The molecule has 4 nitrogen and oxygen atoms in total. The lowest BCUT2D eigenvalue weighted by atomic mass is 10.2. The van der Waals surface area contributed by atoms with Crippen molar-refractivity contribution in [2.45, 2.75) is 0 Å². The number of oxazole rings is 1. The maximum absolute atomic E-state index is 10.5. The van der Waals surface area contributed by atoms with Gasteiger partial charge in [0.25, 0.3) is 0 Å². The summed E-state index contributed by atoms with van der Waals surface area (Å²) in [6.07, 6.45) is 1.36. The molecule has 0 unspecified atom stereocenters. The molecule has 1 aromatic carbocycles. The van der Waals surface area contributed by atoms with E-state index in [-0.39, 0.29) is 5.89 Å². The molecule has 15 heavy (non-hydrogen) atoms. The van der Waals surface area contributed by atoms with Crippen LogP contribution in [0.15, 0.2) is 34.9 Å². The summed E-state index contributed by atoms with van der Waals surface area (Å²) in [4.78, 5) is 14.1. The highest BCUT2D eigenvalue weighted by Crippen LogP contribution is 2.23. The van der Waals surface area contributed by atoms with E-state index in [0.717, 1.165) is 0 Å². The van der Waals surface area contributed by atoms with Gasteiger partial charge in [0.15, 0.2) is 5.76 Å². The molecule has 0 aliphatic rings. The van der Waals surface area contributed by atoms with Crippen molar-refractivity contribution < 1.29 is 14.3 Å². The van der Waals surface area contributed by atoms with E-state index >= 15 is 0 Å². The zero-order valence-electron chi connectivity index (χ0n) is 7.48. The van der Waals surface area contributed by atoms with E-state index in [1.165, 1.54) is 6.20 Å². The SMILES string of the molecule is O=C(O)c1ncc(-c2cccc(Cl)c2)o1. The minimum atomic E-state index is -1.19. The molecule has 2 aromatic rings. The average Bonchev–Trinajstić information content (AvgIpc) is 2.66. The van der Waals surface area contributed by atoms with Crippen molar-refractivity contribution >= 4 is 17.6 Å². The van der Waals surface area contributed by atoms with E-state index in [0.29, 0.717) is 16.3 Å². The fourth-order valence-corrected chi connectivity index (χ4v) is 1.34. The molecule has 0 saturated carbocycles. The molecule has 0 bridgehead atoms. The van der Waals surface area contributed by atoms with Crippen LogP contribution in [0.4, 0.5) is 0 Å². The predicted molar refractivity (Wildman–Crippen MR) is 53.9 cm³/mol. The lowest BCUT2D eigenvalue weighted by Gasteiger charge is -1.95. The molecular formula is C10H6ClNO3. The van der Waals surface area contributed by atoms with Crippen LogP contribution < -0.4 is 0 Å². The molecule has 2 rings (SSSR count). The van der Waals surface area contributed by atoms with Gasteiger partial charge in [-0.2, -0.15) is 0 Å². The molecule has 1 aromatic heterocycles. The van der Waals surface area contributed by atoms with Crippen LogP contribution in [0.2, 0.25) is 5.02 Å². The molecule has 0 atom stereocenters. The van der Waals surface area contributed by atoms with Gasteiger partial charge in [-0.05, 0) is 12.1 Å². The number of aromatic nitrogens is 1. The van der Waals surface area contributed by atoms with Gasteiger partial charge in [-0.3, -0.25) is 0 Å². The molecule has 1 N–H and O–H groups in total. The van der Waals surface area contributed by atoms with Crippen molar-refractivity contribution in [3.8, 4) is 11.3 Å². The molecule has 0 aliphatic heterocycles. The van der Waals surface area contributed by atoms with Gasteiger partial charge in [0, 0.05) is 10.6 Å². The number of hydrogen-bond acceptors (Lipinski definition) is 3. The first-order valence-electron chi connectivity index (χ1n) is 4.12. The van der Waals surface area contributed by atoms with E-state index < -0.39 is 5.97 Å². The molecule has 0 spiro atoms. The van der Waals surface area contributed by atoms with E-state index in [4.69, 9.17) is 21.1 Å². The number of hydrogen-bond donors (Lipinski definition) is 1. The monoisotopic (exact) mass is 223 g/mol. The van der Waals surface area contributed by atoms with Crippen molar-refractivity contribution in [3.63, 3.8) is 0 Å². The molecular weight excluding hydrogens is 218 g/mol. The fraction of sp³-hybridized carbons (Fsp3) is 0. The second-order valence-corrected chi connectivity index (χ2v) is 3.28. The molecule has 0 fully saturated rings. The van der Waals surface area contributed by atoms with Gasteiger partial charge < -0.3 is 9.52 Å². The summed E-state index contributed by atoms with van der Waals surface area (Å²) in [6, 6.07) is 6.91. The summed E-state index contributed by atoms with van der Waals surface area (Å²) < 4.78 is 5.02. The van der Waals surface area contributed by atoms with Crippen LogP contribution in [-0.2, 0) is 0 Å². The van der Waals surface area contributed by atoms with Gasteiger partial charge >= 0.3 is 11.9 Å². The first kappa shape index (κ1) is 9.73. The van der Waals surface area contributed by atoms with E-state index in [1.807, 2.05) is 0 Å². The van der Waals surface area contributed by atoms with Gasteiger partial charge in [0.2, 0.25) is 0 Å². The Kier molecular flexibility index (Phi) is 2.43. The topological polar surface area (TPSA) is 63.3 Å². The first-order valence-corrected chi connectivity index (χ1v) is 4.49. The summed E-state index contributed by atoms with van der Waals surface area (Å²) in [7, 11) is 0. The highest BCUT2D eigenvalue weighted by Gasteiger charge is 2.12. The predicted octanol–water partition coefficient (Wildman–Crippen LogP) is 2.69. The van der Waals surface area contributed by atoms with Gasteiger partial charge in [-0.15, -0.1) is 0 Å². The minimum absolute atomic E-state index is 0.329. The number of benzene rings is 1. The van der Waals surface area contributed by atoms with Crippen LogP contribution in [0.5, 0.6) is 0 Å². The standard InChI is InChI=1S/C10H6ClNO3/c11-7-3-1-2-6(4-7)8-5-12-9(15-8)10(13)14/h1-5H,(H,13,14). The number of carboxylic acids is 1. The summed E-state index contributed by atoms with van der Waals surface area (Å²) in [5.74, 6) is -1.14. The van der Waals surface area contributed by atoms with Crippen molar-refractivity contribution in [1.82, 2.24) is 4.98 Å². The summed E-state index contributed by atoms with van der Waals surface area (Å²) >= 11 is 5.79. The van der Waals surface area contributed by atoms with E-state index in [2.05, 4.69) is 4.98 Å². The maximum atomic E-state index is 10.5. The Bertz CT molecular complexity index is 507. The minimum Gasteiger partial charge on any atom is -0.474 e. The molecule has 1 heterocycles. The van der Waals surface area contributed by atoms with Crippen LogP contribution in [0.25, 0.3) is 11.3 Å². The number of carbonyl (C=O) groups is 1. The highest BCUT2D eigenvalue weighted by atomic mass is 35.5. The fourth-order valence-electron chi connectivity index (χ4n) is 1.15. The van der Waals surface area contributed by atoms with Crippen molar-refractivity contribution in [3.05, 3.63) is 41.4 Å². The van der Waals surface area contributed by atoms with Gasteiger partial charge in [0.05, 0.1) is 6.20 Å². The Balaban J connectivity index is 2.41. The Morgan fingerprint density at radius 1 is 1.47 bits per heavy atom. The normalized spacial score (nSPS) is 10.2. The Labute approximate surface area is 90.1 Å². The third kappa shape index (κ3) is 1.99. The quantitative estimate of drug-likeness (QED) is 0.850. The number of aromatic carboxylic acids is 1. The Hall–Kier alpha value is -1.81. The summed E-state index contributed by atoms with van der Waals surface area (Å²) in [5, 5.41) is 9.17. The number of nitrogens with zero attached hydrogens (tertiary/aromatic N) is 1. The second-order valence-electron chi connectivity index (χ2n) is 2.85. The highest BCUT2D eigenvalue weighted by molar-refractivity contribution is 6.30. The first-order chi connectivity index (χ1) is 7.16. The third-order valence-corrected chi connectivity index (χ3v) is 2.03. The smallest absolute Gasteiger partial charge is 0.392 e. The molecule has 0 radical (unpaired) electrons. The van der Waals surface area contributed by atoms with Gasteiger partial charge in [-0.1, -0.05) is 23.7 Å². The molecule has 5 heteroatoms. The lowest BCUT2D eigenvalue weighted by molar-refractivity contribution is 0.0654. The average molecular weight is 224 g/mol. The van der Waals surface area contributed by atoms with Crippen LogP contribution in [-0.4, -0.2) is 16.1 Å². The third-order valence-electron chi connectivity index (χ3n) is 1.80. The maximum Gasteiger partial charge on any atom is 0.392 e. The number of carboxylic acid groups (broad SMARTS) is 1. The number of rotatable bonds is 2. The molecule has 0 amide bonds. The summed E-state index contributed by atoms with van der Waals surface area (Å²) in [5.41, 5.74) is 0.697. The molecule has 0 saturated heterocycles. The summed E-state index contributed by atoms with van der Waals surface area (Å²) in [6.45, 7) is 0. The van der Waals surface area contributed by atoms with Gasteiger partial charge in [-0.25, -0.2) is 9.78 Å². The number of halogens is 1. The van der Waals surface area contributed by atoms with Crippen LogP contribution in [0, 0.1) is 0 Å². The second kappa shape index (κ2) is 3.74.